The minimum Gasteiger partial charge on any atom is -0.211 e. The van der Waals surface area contributed by atoms with Crippen molar-refractivity contribution in [2.24, 2.45) is 5.92 Å². The minimum atomic E-state index is -3.72. The maximum absolute atomic E-state index is 11.9. The average Bonchev–Trinajstić information content (AvgIpc) is 2.38. The van der Waals surface area contributed by atoms with E-state index in [1.165, 1.54) is 0 Å². The van der Waals surface area contributed by atoms with Gasteiger partial charge in [0.1, 0.15) is 6.04 Å². The molecule has 0 bridgehead atoms. The molecule has 2 atom stereocenters. The summed E-state index contributed by atoms with van der Waals surface area (Å²) in [5, 5.41) is 16.8. The molecule has 1 aliphatic rings. The van der Waals surface area contributed by atoms with E-state index in [1.807, 2.05) is 6.07 Å². The van der Waals surface area contributed by atoms with Gasteiger partial charge in [-0.15, -0.1) is 0 Å². The lowest BCUT2D eigenvalue weighted by molar-refractivity contribution is 0.323. The first kappa shape index (κ1) is 14.9. The van der Waals surface area contributed by atoms with Gasteiger partial charge in [-0.2, -0.15) is 15.2 Å². The molecule has 0 aromatic rings. The lowest BCUT2D eigenvalue weighted by atomic mass is 9.85. The van der Waals surface area contributed by atoms with Gasteiger partial charge in [-0.05, 0) is 25.2 Å². The maximum Gasteiger partial charge on any atom is 0.229 e. The fourth-order valence-electron chi connectivity index (χ4n) is 2.33. The highest BCUT2D eigenvalue weighted by molar-refractivity contribution is 7.90. The van der Waals surface area contributed by atoms with E-state index in [4.69, 9.17) is 10.5 Å². The van der Waals surface area contributed by atoms with Gasteiger partial charge in [-0.3, -0.25) is 0 Å². The summed E-state index contributed by atoms with van der Waals surface area (Å²) in [6, 6.07) is 3.10. The first-order valence-electron chi connectivity index (χ1n) is 6.35. The molecule has 0 heterocycles. The third kappa shape index (κ3) is 3.69. The number of rotatable bonds is 5. The van der Waals surface area contributed by atoms with Crippen LogP contribution < -0.4 is 4.72 Å². The van der Waals surface area contributed by atoms with Gasteiger partial charge in [0, 0.05) is 0 Å². The molecular weight excluding hydrogens is 250 g/mol. The van der Waals surface area contributed by atoms with Crippen LogP contribution in [0.1, 0.15) is 45.4 Å². The second-order valence-electron chi connectivity index (χ2n) is 4.69. The molecule has 0 amide bonds. The largest absolute Gasteiger partial charge is 0.229 e. The summed E-state index contributed by atoms with van der Waals surface area (Å²) in [5.41, 5.74) is 0. The predicted octanol–water partition coefficient (Wildman–Crippen LogP) is 1.68. The predicted molar refractivity (Wildman–Crippen MR) is 67.7 cm³/mol. The van der Waals surface area contributed by atoms with Crippen molar-refractivity contribution in [1.29, 1.82) is 10.5 Å². The van der Waals surface area contributed by atoms with Gasteiger partial charge in [0.05, 0.1) is 12.1 Å². The third-order valence-electron chi connectivity index (χ3n) is 3.44. The smallest absolute Gasteiger partial charge is 0.211 e. The van der Waals surface area contributed by atoms with Crippen molar-refractivity contribution in [3.8, 4) is 12.1 Å². The van der Waals surface area contributed by atoms with Crippen LogP contribution in [0.3, 0.4) is 0 Å². The first-order valence-corrected chi connectivity index (χ1v) is 7.90. The SMILES string of the molecule is CCC(C#N)S(=O)(=O)NC(C#N)C1CCCCC1. The zero-order chi connectivity index (χ0) is 13.6. The molecule has 0 saturated heterocycles. The van der Waals surface area contributed by atoms with Crippen molar-refractivity contribution in [2.75, 3.05) is 0 Å². The summed E-state index contributed by atoms with van der Waals surface area (Å²) in [7, 11) is -3.72. The van der Waals surface area contributed by atoms with Crippen molar-refractivity contribution >= 4 is 10.0 Å². The van der Waals surface area contributed by atoms with Gasteiger partial charge in [0.15, 0.2) is 5.25 Å². The van der Waals surface area contributed by atoms with Crippen molar-refractivity contribution < 1.29 is 8.42 Å². The lowest BCUT2D eigenvalue weighted by Crippen LogP contribution is -2.44. The van der Waals surface area contributed by atoms with Crippen LogP contribution in [0.5, 0.6) is 0 Å². The molecule has 0 aromatic carbocycles. The number of nitriles is 2. The van der Waals surface area contributed by atoms with Crippen LogP contribution >= 0.6 is 0 Å². The molecule has 0 aliphatic heterocycles. The number of hydrogen-bond acceptors (Lipinski definition) is 4. The Morgan fingerprint density at radius 3 is 2.28 bits per heavy atom. The van der Waals surface area contributed by atoms with E-state index in [0.717, 1.165) is 32.1 Å². The van der Waals surface area contributed by atoms with Gasteiger partial charge in [0.25, 0.3) is 0 Å². The van der Waals surface area contributed by atoms with E-state index in [0.29, 0.717) is 0 Å². The molecule has 1 saturated carbocycles. The third-order valence-corrected chi connectivity index (χ3v) is 5.21. The number of nitrogens with zero attached hydrogens (tertiary/aromatic N) is 2. The molecule has 1 rings (SSSR count). The average molecular weight is 269 g/mol. The summed E-state index contributed by atoms with van der Waals surface area (Å²) >= 11 is 0. The zero-order valence-corrected chi connectivity index (χ0v) is 11.4. The lowest BCUT2D eigenvalue weighted by Gasteiger charge is -2.26. The Balaban J connectivity index is 2.74. The van der Waals surface area contributed by atoms with Crippen molar-refractivity contribution in [1.82, 2.24) is 4.72 Å². The minimum absolute atomic E-state index is 0.0784. The van der Waals surface area contributed by atoms with Crippen LogP contribution in [0.4, 0.5) is 0 Å². The van der Waals surface area contributed by atoms with Crippen molar-refractivity contribution in [2.45, 2.75) is 56.7 Å². The topological polar surface area (TPSA) is 93.8 Å². The van der Waals surface area contributed by atoms with Gasteiger partial charge in [-0.25, -0.2) is 8.42 Å². The molecule has 18 heavy (non-hydrogen) atoms. The highest BCUT2D eigenvalue weighted by atomic mass is 32.2. The van der Waals surface area contributed by atoms with Crippen LogP contribution in [-0.4, -0.2) is 19.7 Å². The summed E-state index contributed by atoms with van der Waals surface area (Å²) in [5.74, 6) is 0.0784. The van der Waals surface area contributed by atoms with Gasteiger partial charge >= 0.3 is 0 Å². The number of sulfonamides is 1. The monoisotopic (exact) mass is 269 g/mol. The molecule has 0 radical (unpaired) electrons. The number of nitrogens with one attached hydrogen (secondary N) is 1. The van der Waals surface area contributed by atoms with Crippen LogP contribution in [0.15, 0.2) is 0 Å². The first-order chi connectivity index (χ1) is 8.55. The molecule has 2 unspecified atom stereocenters. The quantitative estimate of drug-likeness (QED) is 0.821. The second kappa shape index (κ2) is 6.72. The Bertz CT molecular complexity index is 441. The molecule has 0 aromatic heterocycles. The highest BCUT2D eigenvalue weighted by Crippen LogP contribution is 2.26. The molecule has 1 fully saturated rings. The van der Waals surface area contributed by atoms with Crippen LogP contribution in [0, 0.1) is 28.6 Å². The van der Waals surface area contributed by atoms with E-state index >= 15 is 0 Å². The Morgan fingerprint density at radius 1 is 1.22 bits per heavy atom. The van der Waals surface area contributed by atoms with Gasteiger partial charge < -0.3 is 0 Å². The second-order valence-corrected chi connectivity index (χ2v) is 6.59. The fraction of sp³-hybridized carbons (Fsp3) is 0.833. The van der Waals surface area contributed by atoms with E-state index in [2.05, 4.69) is 4.72 Å². The molecule has 1 N–H and O–H groups in total. The van der Waals surface area contributed by atoms with E-state index in [9.17, 15) is 8.42 Å². The number of hydrogen-bond donors (Lipinski definition) is 1. The standard InChI is InChI=1S/C12H19N3O2S/c1-2-11(8-13)18(16,17)15-12(9-14)10-6-4-3-5-7-10/h10-12,15H,2-7H2,1H3. The van der Waals surface area contributed by atoms with E-state index in [-0.39, 0.29) is 12.3 Å². The fourth-order valence-corrected chi connectivity index (χ4v) is 3.68. The Hall–Kier alpha value is -1.11. The van der Waals surface area contributed by atoms with Crippen LogP contribution in [0.25, 0.3) is 0 Å². The van der Waals surface area contributed by atoms with Crippen LogP contribution in [-0.2, 0) is 10.0 Å². The normalized spacial score (nSPS) is 20.6. The van der Waals surface area contributed by atoms with Crippen LogP contribution in [0.2, 0.25) is 0 Å². The Morgan fingerprint density at radius 2 is 1.83 bits per heavy atom. The molecule has 6 heteroatoms. The maximum atomic E-state index is 11.9. The van der Waals surface area contributed by atoms with E-state index in [1.54, 1.807) is 13.0 Å². The molecule has 100 valence electrons. The van der Waals surface area contributed by atoms with Crippen molar-refractivity contribution in [3.05, 3.63) is 0 Å². The summed E-state index contributed by atoms with van der Waals surface area (Å²) in [6.45, 7) is 1.65. The van der Waals surface area contributed by atoms with E-state index < -0.39 is 21.3 Å². The zero-order valence-electron chi connectivity index (χ0n) is 10.6. The Kier molecular flexibility index (Phi) is 5.58. The highest BCUT2D eigenvalue weighted by Gasteiger charge is 2.31. The Labute approximate surface area is 109 Å². The molecule has 0 spiro atoms. The van der Waals surface area contributed by atoms with Gasteiger partial charge in [-0.1, -0.05) is 26.2 Å². The van der Waals surface area contributed by atoms with Crippen molar-refractivity contribution in [3.63, 3.8) is 0 Å². The van der Waals surface area contributed by atoms with Gasteiger partial charge in [0.2, 0.25) is 10.0 Å². The molecular formula is C12H19N3O2S. The molecule has 1 aliphatic carbocycles. The molecule has 5 nitrogen and oxygen atoms in total. The summed E-state index contributed by atoms with van der Waals surface area (Å²) < 4.78 is 26.2. The summed E-state index contributed by atoms with van der Waals surface area (Å²) in [4.78, 5) is 0. The summed E-state index contributed by atoms with van der Waals surface area (Å²) in [6.07, 6.45) is 5.22.